The van der Waals surface area contributed by atoms with Crippen LogP contribution in [0.3, 0.4) is 0 Å². The van der Waals surface area contributed by atoms with Crippen LogP contribution in [0.15, 0.2) is 18.6 Å². The van der Waals surface area contributed by atoms with Crippen molar-refractivity contribution in [2.45, 2.75) is 77.5 Å². The monoisotopic (exact) mass is 755 g/mol. The number of nitriles is 1. The number of alkyl carbamates (subject to hydrolysis) is 1. The molecule has 0 aliphatic carbocycles. The van der Waals surface area contributed by atoms with Gasteiger partial charge >= 0.3 is 18.1 Å². The number of piperidine rings is 1. The van der Waals surface area contributed by atoms with Crippen LogP contribution < -0.4 is 31.5 Å². The van der Waals surface area contributed by atoms with Gasteiger partial charge in [-0.2, -0.15) is 5.26 Å². The Labute approximate surface area is 312 Å². The molecule has 1 saturated heterocycles. The van der Waals surface area contributed by atoms with Gasteiger partial charge in [-0.05, 0) is 58.4 Å². The zero-order chi connectivity index (χ0) is 40.0. The van der Waals surface area contributed by atoms with Crippen molar-refractivity contribution in [1.29, 1.82) is 5.26 Å². The van der Waals surface area contributed by atoms with Crippen LogP contribution in [0, 0.1) is 17.2 Å². The number of unbranched alkanes of at least 4 members (excludes halogenated alkanes) is 1. The lowest BCUT2D eigenvalue weighted by Crippen LogP contribution is -2.52. The lowest BCUT2D eigenvalue weighted by molar-refractivity contribution is -0.142. The maximum atomic E-state index is 13.0. The third-order valence-corrected chi connectivity index (χ3v) is 8.53. The van der Waals surface area contributed by atoms with Gasteiger partial charge in [0.15, 0.2) is 5.65 Å². The molecule has 3 heterocycles. The summed E-state index contributed by atoms with van der Waals surface area (Å²) < 4.78 is 6.34. The molecule has 0 spiro atoms. The van der Waals surface area contributed by atoms with Crippen molar-refractivity contribution in [3.8, 4) is 6.07 Å². The van der Waals surface area contributed by atoms with Gasteiger partial charge in [-0.25, -0.2) is 24.4 Å². The molecule has 0 bridgehead atoms. The minimum atomic E-state index is -1.26. The molecule has 1 fully saturated rings. The van der Waals surface area contributed by atoms with E-state index >= 15 is 0 Å². The van der Waals surface area contributed by atoms with Crippen LogP contribution in [0.5, 0.6) is 0 Å². The van der Waals surface area contributed by atoms with Gasteiger partial charge in [0.25, 0.3) is 0 Å². The molecule has 2 aromatic heterocycles. The Morgan fingerprint density at radius 3 is 2.33 bits per heavy atom. The molecule has 0 radical (unpaired) electrons. The fourth-order valence-electron chi connectivity index (χ4n) is 5.70. The fourth-order valence-corrected chi connectivity index (χ4v) is 5.70. The van der Waals surface area contributed by atoms with Crippen LogP contribution in [-0.4, -0.2) is 130 Å². The molecular formula is C34H49N11O9. The number of aromatic nitrogens is 3. The van der Waals surface area contributed by atoms with E-state index in [1.54, 1.807) is 31.7 Å². The highest BCUT2D eigenvalue weighted by atomic mass is 16.6. The minimum absolute atomic E-state index is 0.0868. The molecule has 1 aliphatic heterocycles. The summed E-state index contributed by atoms with van der Waals surface area (Å²) in [6.45, 7) is 6.97. The van der Waals surface area contributed by atoms with E-state index in [4.69, 9.17) is 10.00 Å². The Morgan fingerprint density at radius 2 is 1.69 bits per heavy atom. The van der Waals surface area contributed by atoms with E-state index in [2.05, 4.69) is 43.5 Å². The normalized spacial score (nSPS) is 16.0. The van der Waals surface area contributed by atoms with Crippen LogP contribution in [0.4, 0.5) is 15.4 Å². The van der Waals surface area contributed by atoms with Gasteiger partial charge in [-0.3, -0.25) is 23.7 Å². The standard InChI is InChI=1S/C34H49N11O9/c1-21-10-14-44(28(49)9-12-35)19-24(21)43(5)29-22-11-15-45(30(22)41-20-40-29)32(52)39-17-26(47)37-16-25(46)38-18-27(48)42-23(31(50)51)8-6-7-13-36-33(53)54-34(2,3)4/h11,15,20-21,23-24H,6-10,13-14,16-19H2,1-5H3,(H,36,53)(H,37,47)(H,38,46)(H,39,52)(H,42,48)(H,50,51)/t21-,23-,24+/m1/s1. The topological polar surface area (TPSA) is 270 Å². The number of carbonyl (C=O) groups is 7. The number of likely N-dealkylation sites (N-methyl/N-ethyl adjacent to an activating group) is 1. The quantitative estimate of drug-likeness (QED) is 0.124. The summed E-state index contributed by atoms with van der Waals surface area (Å²) in [6.07, 6.45) is 3.67. The predicted octanol–water partition coefficient (Wildman–Crippen LogP) is 0.0727. The fraction of sp³-hybridized carbons (Fsp3) is 0.588. The highest BCUT2D eigenvalue weighted by Gasteiger charge is 2.33. The number of hydrogen-bond donors (Lipinski definition) is 6. The van der Waals surface area contributed by atoms with E-state index in [1.807, 2.05) is 18.0 Å². The number of anilines is 1. The number of ether oxygens (including phenoxy) is 1. The Morgan fingerprint density at radius 1 is 1.02 bits per heavy atom. The third-order valence-electron chi connectivity index (χ3n) is 8.53. The highest BCUT2D eigenvalue weighted by molar-refractivity contribution is 5.96. The first-order chi connectivity index (χ1) is 25.5. The molecule has 6 N–H and O–H groups in total. The Bertz CT molecular complexity index is 1730. The van der Waals surface area contributed by atoms with E-state index in [0.717, 1.165) is 6.42 Å². The molecular weight excluding hydrogens is 706 g/mol. The lowest BCUT2D eigenvalue weighted by atomic mass is 9.92. The van der Waals surface area contributed by atoms with Crippen LogP contribution in [-0.2, 0) is 28.7 Å². The molecule has 3 atom stereocenters. The van der Waals surface area contributed by atoms with E-state index in [1.165, 1.54) is 17.1 Å². The molecule has 1 aliphatic rings. The molecule has 20 heteroatoms. The molecule has 3 rings (SSSR count). The van der Waals surface area contributed by atoms with Gasteiger partial charge in [0.05, 0.1) is 37.1 Å². The largest absolute Gasteiger partial charge is 0.480 e. The zero-order valence-corrected chi connectivity index (χ0v) is 31.1. The number of carbonyl (C=O) groups excluding carboxylic acids is 6. The minimum Gasteiger partial charge on any atom is -0.480 e. The number of hydrogen-bond acceptors (Lipinski definition) is 12. The second-order valence-electron chi connectivity index (χ2n) is 13.8. The van der Waals surface area contributed by atoms with Crippen LogP contribution in [0.25, 0.3) is 11.0 Å². The Kier molecular flexibility index (Phi) is 15.5. The van der Waals surface area contributed by atoms with Gasteiger partial charge in [-0.1, -0.05) is 6.92 Å². The predicted molar refractivity (Wildman–Crippen MR) is 193 cm³/mol. The molecule has 0 unspecified atom stereocenters. The summed E-state index contributed by atoms with van der Waals surface area (Å²) in [5, 5.41) is 30.9. The van der Waals surface area contributed by atoms with Gasteiger partial charge < -0.3 is 46.2 Å². The summed E-state index contributed by atoms with van der Waals surface area (Å²) in [6, 6.07) is 1.58. The van der Waals surface area contributed by atoms with Crippen LogP contribution in [0.1, 0.15) is 59.8 Å². The molecule has 294 valence electrons. The van der Waals surface area contributed by atoms with Gasteiger partial charge in [-0.15, -0.1) is 0 Å². The molecule has 20 nitrogen and oxygen atoms in total. The Balaban J connectivity index is 1.42. The number of nitrogens with one attached hydrogen (secondary N) is 5. The van der Waals surface area contributed by atoms with E-state index in [-0.39, 0.29) is 42.9 Å². The van der Waals surface area contributed by atoms with Crippen LogP contribution >= 0.6 is 0 Å². The number of carboxylic acids is 1. The summed E-state index contributed by atoms with van der Waals surface area (Å²) in [7, 11) is 1.84. The lowest BCUT2D eigenvalue weighted by Gasteiger charge is -2.42. The molecule has 2 aromatic rings. The van der Waals surface area contributed by atoms with Gasteiger partial charge in [0.1, 0.15) is 30.2 Å². The number of aliphatic carboxylic acids is 1. The average molecular weight is 756 g/mol. The first-order valence-corrected chi connectivity index (χ1v) is 17.5. The SMILES string of the molecule is C[C@@H]1CCN(C(=O)CC#N)C[C@@H]1N(C)c1ncnc2c1ccn2C(=O)NCC(=O)NCC(=O)NCC(=O)N[C@H](CCCCNC(=O)OC(C)(C)C)C(=O)O. The number of likely N-dealkylation sites (tertiary alicyclic amines) is 1. The number of fused-ring (bicyclic) bond motifs is 1. The maximum absolute atomic E-state index is 13.0. The average Bonchev–Trinajstić information content (AvgIpc) is 3.55. The molecule has 54 heavy (non-hydrogen) atoms. The Hall–Kier alpha value is -6.00. The first-order valence-electron chi connectivity index (χ1n) is 17.5. The van der Waals surface area contributed by atoms with Crippen molar-refractivity contribution in [3.63, 3.8) is 0 Å². The zero-order valence-electron chi connectivity index (χ0n) is 31.1. The van der Waals surface area contributed by atoms with E-state index < -0.39 is 67.1 Å². The molecule has 0 aromatic carbocycles. The van der Waals surface area contributed by atoms with Crippen molar-refractivity contribution < 1.29 is 43.4 Å². The first kappa shape index (κ1) is 42.4. The van der Waals surface area contributed by atoms with Crippen LogP contribution in [0.2, 0.25) is 0 Å². The third kappa shape index (κ3) is 12.9. The maximum Gasteiger partial charge on any atom is 0.407 e. The second-order valence-corrected chi connectivity index (χ2v) is 13.8. The number of nitrogens with zero attached hydrogens (tertiary/aromatic N) is 6. The number of amides is 6. The number of carboxylic acid groups (broad SMARTS) is 1. The summed E-state index contributed by atoms with van der Waals surface area (Å²) >= 11 is 0. The van der Waals surface area contributed by atoms with E-state index in [9.17, 15) is 38.7 Å². The molecule has 6 amide bonds. The van der Waals surface area contributed by atoms with Crippen molar-refractivity contribution in [3.05, 3.63) is 18.6 Å². The number of rotatable bonds is 16. The van der Waals surface area contributed by atoms with E-state index in [0.29, 0.717) is 37.1 Å². The summed E-state index contributed by atoms with van der Waals surface area (Å²) in [5.41, 5.74) is -0.365. The highest BCUT2D eigenvalue weighted by Crippen LogP contribution is 2.29. The summed E-state index contributed by atoms with van der Waals surface area (Å²) in [5.74, 6) is -2.90. The van der Waals surface area contributed by atoms with Crippen molar-refractivity contribution >= 4 is 58.6 Å². The van der Waals surface area contributed by atoms with Gasteiger partial charge in [0, 0.05) is 32.9 Å². The second kappa shape index (κ2) is 19.7. The summed E-state index contributed by atoms with van der Waals surface area (Å²) in [4.78, 5) is 97.8. The van der Waals surface area contributed by atoms with Crippen molar-refractivity contribution in [2.24, 2.45) is 5.92 Å². The van der Waals surface area contributed by atoms with Gasteiger partial charge in [0.2, 0.25) is 23.6 Å². The smallest absolute Gasteiger partial charge is 0.407 e. The molecule has 0 saturated carbocycles. The van der Waals surface area contributed by atoms with Crippen molar-refractivity contribution in [2.75, 3.05) is 51.2 Å². The van der Waals surface area contributed by atoms with Crippen molar-refractivity contribution in [1.82, 2.24) is 46.0 Å².